The molecule has 1 aromatic heterocycles. The molecule has 1 heterocycles. The topological polar surface area (TPSA) is 42.0 Å². The molecular formula is C13H12ClFN2OS. The number of hydrogen-bond acceptors (Lipinski definition) is 3. The summed E-state index contributed by atoms with van der Waals surface area (Å²) < 4.78 is 13.5. The highest BCUT2D eigenvalue weighted by Gasteiger charge is 2.11. The van der Waals surface area contributed by atoms with E-state index < -0.39 is 5.82 Å². The molecule has 0 saturated carbocycles. The van der Waals surface area contributed by atoms with Crippen LogP contribution in [0.4, 0.5) is 4.39 Å². The van der Waals surface area contributed by atoms with Crippen molar-refractivity contribution in [1.82, 2.24) is 10.3 Å². The van der Waals surface area contributed by atoms with Gasteiger partial charge in [-0.05, 0) is 19.1 Å². The second kappa shape index (κ2) is 6.12. The maximum absolute atomic E-state index is 13.5. The number of hydrogen-bond donors (Lipinski definition) is 1. The van der Waals surface area contributed by atoms with Gasteiger partial charge in [-0.1, -0.05) is 17.7 Å². The van der Waals surface area contributed by atoms with Crippen LogP contribution < -0.4 is 5.32 Å². The molecule has 1 amide bonds. The molecule has 1 N–H and O–H groups in total. The first kappa shape index (κ1) is 14.0. The number of rotatable bonds is 4. The molecule has 6 heteroatoms. The smallest absolute Gasteiger partial charge is 0.224 e. The van der Waals surface area contributed by atoms with E-state index in [-0.39, 0.29) is 22.9 Å². The second-order valence-corrected chi connectivity index (χ2v) is 5.73. The van der Waals surface area contributed by atoms with Gasteiger partial charge >= 0.3 is 0 Å². The number of nitrogens with zero attached hydrogens (tertiary/aromatic N) is 1. The van der Waals surface area contributed by atoms with E-state index in [1.807, 2.05) is 6.92 Å². The minimum atomic E-state index is -0.462. The first-order valence-corrected chi connectivity index (χ1v) is 6.86. The highest BCUT2D eigenvalue weighted by molar-refractivity contribution is 7.11. The summed E-state index contributed by atoms with van der Waals surface area (Å²) in [5.41, 5.74) is 0.224. The van der Waals surface area contributed by atoms with Crippen LogP contribution in [0.15, 0.2) is 24.4 Å². The van der Waals surface area contributed by atoms with Crippen LogP contribution in [0.5, 0.6) is 0 Å². The first-order valence-electron chi connectivity index (χ1n) is 5.67. The van der Waals surface area contributed by atoms with Gasteiger partial charge < -0.3 is 5.32 Å². The van der Waals surface area contributed by atoms with E-state index in [1.54, 1.807) is 12.3 Å². The molecule has 0 spiro atoms. The van der Waals surface area contributed by atoms with Crippen molar-refractivity contribution in [1.29, 1.82) is 0 Å². The van der Waals surface area contributed by atoms with Gasteiger partial charge in [-0.25, -0.2) is 9.37 Å². The monoisotopic (exact) mass is 298 g/mol. The van der Waals surface area contributed by atoms with Crippen molar-refractivity contribution >= 4 is 28.8 Å². The van der Waals surface area contributed by atoms with Gasteiger partial charge in [-0.15, -0.1) is 11.3 Å². The predicted molar refractivity (Wildman–Crippen MR) is 73.8 cm³/mol. The zero-order chi connectivity index (χ0) is 13.8. The molecule has 2 rings (SSSR count). The van der Waals surface area contributed by atoms with E-state index >= 15 is 0 Å². The molecular weight excluding hydrogens is 287 g/mol. The fraction of sp³-hybridized carbons (Fsp3) is 0.231. The molecule has 0 atom stereocenters. The lowest BCUT2D eigenvalue weighted by atomic mass is 10.1. The second-order valence-electron chi connectivity index (χ2n) is 4.00. The zero-order valence-corrected chi connectivity index (χ0v) is 11.8. The van der Waals surface area contributed by atoms with E-state index in [4.69, 9.17) is 11.6 Å². The molecule has 0 saturated heterocycles. The summed E-state index contributed by atoms with van der Waals surface area (Å²) in [7, 11) is 0. The highest BCUT2D eigenvalue weighted by atomic mass is 35.5. The normalized spacial score (nSPS) is 10.5. The number of carbonyl (C=O) groups excluding carboxylic acids is 1. The number of carbonyl (C=O) groups is 1. The minimum absolute atomic E-state index is 0.0662. The van der Waals surface area contributed by atoms with Gasteiger partial charge in [0.05, 0.1) is 18.0 Å². The van der Waals surface area contributed by atoms with Crippen LogP contribution in [-0.2, 0) is 17.8 Å². The SMILES string of the molecule is Cc1ncc(CNC(=O)Cc2c(F)cccc2Cl)s1. The zero-order valence-electron chi connectivity index (χ0n) is 10.2. The lowest BCUT2D eigenvalue weighted by Crippen LogP contribution is -2.24. The fourth-order valence-corrected chi connectivity index (χ4v) is 2.56. The molecule has 0 bridgehead atoms. The average Bonchev–Trinajstić information content (AvgIpc) is 2.77. The quantitative estimate of drug-likeness (QED) is 0.942. The number of aryl methyl sites for hydroxylation is 1. The Bertz CT molecular complexity index is 580. The van der Waals surface area contributed by atoms with Crippen LogP contribution in [0.3, 0.4) is 0 Å². The van der Waals surface area contributed by atoms with E-state index in [1.165, 1.54) is 23.5 Å². The van der Waals surface area contributed by atoms with Gasteiger partial charge in [0, 0.05) is 21.7 Å². The number of amides is 1. The number of aromatic nitrogens is 1. The summed E-state index contributed by atoms with van der Waals surface area (Å²) in [6, 6.07) is 4.38. The van der Waals surface area contributed by atoms with Crippen molar-refractivity contribution in [2.75, 3.05) is 0 Å². The Kier molecular flexibility index (Phi) is 4.50. The maximum Gasteiger partial charge on any atom is 0.224 e. The fourth-order valence-electron chi connectivity index (χ4n) is 1.60. The molecule has 19 heavy (non-hydrogen) atoms. The molecule has 0 fully saturated rings. The first-order chi connectivity index (χ1) is 9.06. The molecule has 0 aliphatic heterocycles. The Morgan fingerprint density at radius 1 is 1.53 bits per heavy atom. The molecule has 100 valence electrons. The summed E-state index contributed by atoms with van der Waals surface area (Å²) >= 11 is 7.38. The Morgan fingerprint density at radius 2 is 2.32 bits per heavy atom. The van der Waals surface area contributed by atoms with Gasteiger partial charge in [-0.2, -0.15) is 0 Å². The minimum Gasteiger partial charge on any atom is -0.351 e. The average molecular weight is 299 g/mol. The lowest BCUT2D eigenvalue weighted by molar-refractivity contribution is -0.120. The Labute approximate surface area is 119 Å². The predicted octanol–water partition coefficient (Wildman–Crippen LogP) is 3.10. The van der Waals surface area contributed by atoms with Crippen LogP contribution in [-0.4, -0.2) is 10.9 Å². The van der Waals surface area contributed by atoms with Crippen molar-refractivity contribution in [3.05, 3.63) is 50.7 Å². The Hall–Kier alpha value is -1.46. The van der Waals surface area contributed by atoms with Gasteiger partial charge in [0.1, 0.15) is 5.82 Å². The van der Waals surface area contributed by atoms with Gasteiger partial charge in [0.2, 0.25) is 5.91 Å². The van der Waals surface area contributed by atoms with Crippen LogP contribution in [0.1, 0.15) is 15.4 Å². The standard InChI is InChI=1S/C13H12ClFN2OS/c1-8-16-6-9(19-8)7-17-13(18)5-10-11(14)3-2-4-12(10)15/h2-4,6H,5,7H2,1H3,(H,17,18). The van der Waals surface area contributed by atoms with Crippen molar-refractivity contribution < 1.29 is 9.18 Å². The van der Waals surface area contributed by atoms with Crippen molar-refractivity contribution in [3.63, 3.8) is 0 Å². The number of thiazole rings is 1. The number of halogens is 2. The Morgan fingerprint density at radius 3 is 2.95 bits per heavy atom. The van der Waals surface area contributed by atoms with E-state index in [9.17, 15) is 9.18 Å². The maximum atomic E-state index is 13.5. The number of nitrogens with one attached hydrogen (secondary N) is 1. The Balaban J connectivity index is 1.94. The molecule has 0 aliphatic rings. The summed E-state index contributed by atoms with van der Waals surface area (Å²) in [5.74, 6) is -0.727. The van der Waals surface area contributed by atoms with Crippen molar-refractivity contribution in [2.45, 2.75) is 19.9 Å². The lowest BCUT2D eigenvalue weighted by Gasteiger charge is -2.06. The summed E-state index contributed by atoms with van der Waals surface area (Å²) in [5, 5.41) is 3.93. The number of benzene rings is 1. The molecule has 3 nitrogen and oxygen atoms in total. The van der Waals surface area contributed by atoms with Crippen LogP contribution in [0.2, 0.25) is 5.02 Å². The summed E-state index contributed by atoms with van der Waals surface area (Å²) in [4.78, 5) is 16.8. The van der Waals surface area contributed by atoms with Crippen LogP contribution in [0, 0.1) is 12.7 Å². The van der Waals surface area contributed by atoms with Gasteiger partial charge in [0.25, 0.3) is 0 Å². The van der Waals surface area contributed by atoms with Crippen molar-refractivity contribution in [2.24, 2.45) is 0 Å². The third-order valence-corrected chi connectivity index (χ3v) is 3.79. The molecule has 2 aromatic rings. The summed E-state index contributed by atoms with van der Waals surface area (Å²) in [6.45, 7) is 2.30. The van der Waals surface area contributed by atoms with Crippen LogP contribution in [0.25, 0.3) is 0 Å². The molecule has 1 aromatic carbocycles. The highest BCUT2D eigenvalue weighted by Crippen LogP contribution is 2.19. The largest absolute Gasteiger partial charge is 0.351 e. The van der Waals surface area contributed by atoms with Crippen molar-refractivity contribution in [3.8, 4) is 0 Å². The third kappa shape index (κ3) is 3.75. The molecule has 0 radical (unpaired) electrons. The summed E-state index contributed by atoms with van der Waals surface area (Å²) in [6.07, 6.45) is 1.65. The molecule has 0 aliphatic carbocycles. The molecule has 0 unspecified atom stereocenters. The van der Waals surface area contributed by atoms with Crippen LogP contribution >= 0.6 is 22.9 Å². The van der Waals surface area contributed by atoms with E-state index in [0.717, 1.165) is 9.88 Å². The van der Waals surface area contributed by atoms with Gasteiger partial charge in [0.15, 0.2) is 0 Å². The van der Waals surface area contributed by atoms with E-state index in [0.29, 0.717) is 6.54 Å². The third-order valence-electron chi connectivity index (χ3n) is 2.53. The van der Waals surface area contributed by atoms with Gasteiger partial charge in [-0.3, -0.25) is 4.79 Å². The van der Waals surface area contributed by atoms with E-state index in [2.05, 4.69) is 10.3 Å².